The summed E-state index contributed by atoms with van der Waals surface area (Å²) >= 11 is 5.30. The van der Waals surface area contributed by atoms with Crippen LogP contribution in [0.25, 0.3) is 0 Å². The molecule has 0 aliphatic rings. The van der Waals surface area contributed by atoms with Crippen LogP contribution >= 0.6 is 12.2 Å². The number of nitrogens with one attached hydrogen (secondary N) is 3. The Morgan fingerprint density at radius 2 is 1.66 bits per heavy atom. The summed E-state index contributed by atoms with van der Waals surface area (Å²) in [7, 11) is 0. The predicted molar refractivity (Wildman–Crippen MR) is 130 cm³/mol. The Morgan fingerprint density at radius 3 is 2.44 bits per heavy atom. The summed E-state index contributed by atoms with van der Waals surface area (Å²) in [5, 5.41) is 8.58. The smallest absolute Gasteiger partial charge is 0.257 e. The van der Waals surface area contributed by atoms with E-state index in [1.54, 1.807) is 48.5 Å². The average Bonchev–Trinajstić information content (AvgIpc) is 2.82. The molecule has 0 saturated heterocycles. The average molecular weight is 448 g/mol. The van der Waals surface area contributed by atoms with Gasteiger partial charge in [0.05, 0.1) is 17.9 Å². The molecule has 0 bridgehead atoms. The number of carbonyl (C=O) groups is 2. The second kappa shape index (κ2) is 11.6. The topological polar surface area (TPSA) is 79.5 Å². The zero-order valence-electron chi connectivity index (χ0n) is 17.8. The lowest BCUT2D eigenvalue weighted by molar-refractivity contribution is 0.0950. The van der Waals surface area contributed by atoms with E-state index < -0.39 is 0 Å². The Hall–Kier alpha value is -3.71. The summed E-state index contributed by atoms with van der Waals surface area (Å²) in [5.41, 5.74) is 2.36. The third kappa shape index (κ3) is 6.65. The molecule has 2 amide bonds. The fourth-order valence-corrected chi connectivity index (χ4v) is 3.14. The fourth-order valence-electron chi connectivity index (χ4n) is 2.94. The lowest BCUT2D eigenvalue weighted by Gasteiger charge is -2.14. The Balaban J connectivity index is 1.61. The van der Waals surface area contributed by atoms with Gasteiger partial charge in [-0.3, -0.25) is 14.9 Å². The van der Waals surface area contributed by atoms with E-state index >= 15 is 0 Å². The molecule has 3 aromatic carbocycles. The molecule has 0 aromatic heterocycles. The minimum Gasteiger partial charge on any atom is -0.494 e. The molecule has 3 N–H and O–H groups in total. The van der Waals surface area contributed by atoms with Crippen molar-refractivity contribution in [2.24, 2.45) is 0 Å². The van der Waals surface area contributed by atoms with Crippen molar-refractivity contribution in [2.75, 3.05) is 11.9 Å². The summed E-state index contributed by atoms with van der Waals surface area (Å²) in [6, 6.07) is 23.5. The standard InChI is InChI=1S/C25H25N3O3S/c1-2-15-31-20-12-8-11-19(16-20)23(29)28-25(32)27-22-14-7-6-13-21(22)24(30)26-17-18-9-4-3-5-10-18/h3-14,16H,2,15,17H2,1H3,(H,26,30)(H2,27,28,29,32). The van der Waals surface area contributed by atoms with Crippen molar-refractivity contribution in [2.45, 2.75) is 19.9 Å². The highest BCUT2D eigenvalue weighted by atomic mass is 32.1. The summed E-state index contributed by atoms with van der Waals surface area (Å²) in [5.74, 6) is 0.0149. The van der Waals surface area contributed by atoms with Crippen LogP contribution in [0.5, 0.6) is 5.75 Å². The molecule has 0 spiro atoms. The number of amides is 2. The van der Waals surface area contributed by atoms with Gasteiger partial charge < -0.3 is 15.4 Å². The fraction of sp³-hybridized carbons (Fsp3) is 0.160. The maximum Gasteiger partial charge on any atom is 0.257 e. The largest absolute Gasteiger partial charge is 0.494 e. The minimum absolute atomic E-state index is 0.0955. The van der Waals surface area contributed by atoms with Crippen molar-refractivity contribution in [3.8, 4) is 5.75 Å². The molecule has 0 unspecified atom stereocenters. The van der Waals surface area contributed by atoms with Crippen LogP contribution in [-0.4, -0.2) is 23.5 Å². The maximum atomic E-state index is 12.7. The first-order valence-electron chi connectivity index (χ1n) is 10.3. The number of thiocarbonyl (C=S) groups is 1. The number of anilines is 1. The predicted octanol–water partition coefficient (Wildman–Crippen LogP) is 4.53. The highest BCUT2D eigenvalue weighted by Gasteiger charge is 2.14. The van der Waals surface area contributed by atoms with Gasteiger partial charge in [-0.15, -0.1) is 0 Å². The summed E-state index contributed by atoms with van der Waals surface area (Å²) in [6.07, 6.45) is 0.878. The molecule has 3 aromatic rings. The summed E-state index contributed by atoms with van der Waals surface area (Å²) < 4.78 is 5.57. The molecule has 0 aliphatic heterocycles. The quantitative estimate of drug-likeness (QED) is 0.442. The van der Waals surface area contributed by atoms with Gasteiger partial charge in [0.25, 0.3) is 11.8 Å². The normalized spacial score (nSPS) is 10.2. The first kappa shape index (κ1) is 23.0. The SMILES string of the molecule is CCCOc1cccc(C(=O)NC(=S)Nc2ccccc2C(=O)NCc2ccccc2)c1. The number of carbonyl (C=O) groups excluding carboxylic acids is 2. The number of para-hydroxylation sites is 1. The van der Waals surface area contributed by atoms with Gasteiger partial charge in [0.2, 0.25) is 0 Å². The van der Waals surface area contributed by atoms with Crippen LogP contribution in [0.3, 0.4) is 0 Å². The van der Waals surface area contributed by atoms with Crippen LogP contribution in [0.2, 0.25) is 0 Å². The Morgan fingerprint density at radius 1 is 0.906 bits per heavy atom. The van der Waals surface area contributed by atoms with Crippen molar-refractivity contribution in [3.63, 3.8) is 0 Å². The third-order valence-corrected chi connectivity index (χ3v) is 4.72. The van der Waals surface area contributed by atoms with Gasteiger partial charge in [-0.2, -0.15) is 0 Å². The molecule has 3 rings (SSSR count). The van der Waals surface area contributed by atoms with E-state index in [0.717, 1.165) is 12.0 Å². The molecule has 7 heteroatoms. The highest BCUT2D eigenvalue weighted by Crippen LogP contribution is 2.16. The van der Waals surface area contributed by atoms with Crippen molar-refractivity contribution in [3.05, 3.63) is 95.6 Å². The van der Waals surface area contributed by atoms with Gasteiger partial charge in [0.1, 0.15) is 5.75 Å². The maximum absolute atomic E-state index is 12.7. The number of hydrogen-bond donors (Lipinski definition) is 3. The zero-order valence-corrected chi connectivity index (χ0v) is 18.6. The second-order valence-electron chi connectivity index (χ2n) is 7.00. The number of benzene rings is 3. The molecule has 164 valence electrons. The van der Waals surface area contributed by atoms with Crippen molar-refractivity contribution in [1.29, 1.82) is 0 Å². The van der Waals surface area contributed by atoms with Gasteiger partial charge in [-0.1, -0.05) is 55.5 Å². The molecule has 32 heavy (non-hydrogen) atoms. The minimum atomic E-state index is -0.365. The van der Waals surface area contributed by atoms with Crippen LogP contribution < -0.4 is 20.7 Å². The van der Waals surface area contributed by atoms with Crippen LogP contribution in [0.1, 0.15) is 39.6 Å². The molecule has 0 fully saturated rings. The number of hydrogen-bond acceptors (Lipinski definition) is 4. The van der Waals surface area contributed by atoms with Gasteiger partial charge in [-0.25, -0.2) is 0 Å². The van der Waals surface area contributed by atoms with Crippen molar-refractivity contribution in [1.82, 2.24) is 10.6 Å². The molecular formula is C25H25N3O3S. The zero-order chi connectivity index (χ0) is 22.8. The number of rotatable bonds is 8. The first-order chi connectivity index (χ1) is 15.6. The molecule has 0 aliphatic carbocycles. The van der Waals surface area contributed by atoms with Crippen LogP contribution in [-0.2, 0) is 6.54 Å². The summed E-state index contributed by atoms with van der Waals surface area (Å²) in [6.45, 7) is 3.00. The van der Waals surface area contributed by atoms with Crippen LogP contribution in [0.15, 0.2) is 78.9 Å². The van der Waals surface area contributed by atoms with Crippen molar-refractivity contribution < 1.29 is 14.3 Å². The Labute approximate surface area is 193 Å². The number of ether oxygens (including phenoxy) is 1. The third-order valence-electron chi connectivity index (χ3n) is 4.51. The van der Waals surface area contributed by atoms with E-state index in [1.165, 1.54) is 0 Å². The Kier molecular flexibility index (Phi) is 8.34. The van der Waals surface area contributed by atoms with Crippen LogP contribution in [0.4, 0.5) is 5.69 Å². The Bertz CT molecular complexity index is 1090. The van der Waals surface area contributed by atoms with E-state index in [2.05, 4.69) is 16.0 Å². The monoisotopic (exact) mass is 447 g/mol. The van der Waals surface area contributed by atoms with Gasteiger partial charge in [-0.05, 0) is 54.5 Å². The van der Waals surface area contributed by atoms with E-state index in [9.17, 15) is 9.59 Å². The molecule has 0 saturated carbocycles. The molecule has 6 nitrogen and oxygen atoms in total. The van der Waals surface area contributed by atoms with Crippen molar-refractivity contribution >= 4 is 34.8 Å². The molecular weight excluding hydrogens is 422 g/mol. The second-order valence-corrected chi connectivity index (χ2v) is 7.41. The van der Waals surface area contributed by atoms with E-state index in [1.807, 2.05) is 37.3 Å². The van der Waals surface area contributed by atoms with E-state index in [0.29, 0.717) is 35.7 Å². The van der Waals surface area contributed by atoms with Crippen LogP contribution in [0, 0.1) is 0 Å². The summed E-state index contributed by atoms with van der Waals surface area (Å²) in [4.78, 5) is 25.3. The molecule has 0 radical (unpaired) electrons. The lowest BCUT2D eigenvalue weighted by atomic mass is 10.1. The van der Waals surface area contributed by atoms with E-state index in [4.69, 9.17) is 17.0 Å². The van der Waals surface area contributed by atoms with Gasteiger partial charge in [0.15, 0.2) is 5.11 Å². The molecule has 0 atom stereocenters. The van der Waals surface area contributed by atoms with Gasteiger partial charge >= 0.3 is 0 Å². The lowest BCUT2D eigenvalue weighted by Crippen LogP contribution is -2.35. The first-order valence-corrected chi connectivity index (χ1v) is 10.7. The van der Waals surface area contributed by atoms with Gasteiger partial charge in [0, 0.05) is 12.1 Å². The van der Waals surface area contributed by atoms with E-state index in [-0.39, 0.29) is 16.9 Å². The molecule has 0 heterocycles. The highest BCUT2D eigenvalue weighted by molar-refractivity contribution is 7.80.